The molecule has 0 unspecified atom stereocenters. The summed E-state index contributed by atoms with van der Waals surface area (Å²) < 4.78 is 33.9. The second kappa shape index (κ2) is 4.92. The van der Waals surface area contributed by atoms with Crippen molar-refractivity contribution in [3.8, 4) is 11.5 Å². The Balaban J connectivity index is 2.37. The average molecular weight is 268 g/mol. The summed E-state index contributed by atoms with van der Waals surface area (Å²) in [5.41, 5.74) is 5.16. The van der Waals surface area contributed by atoms with Gasteiger partial charge in [-0.3, -0.25) is 4.68 Å². The van der Waals surface area contributed by atoms with Gasteiger partial charge in [0, 0.05) is 12.6 Å². The number of hydrogen-bond donors (Lipinski definition) is 2. The van der Waals surface area contributed by atoms with E-state index in [2.05, 4.69) is 10.3 Å². The Morgan fingerprint density at radius 1 is 1.42 bits per heavy atom. The standard InChI is InChI=1S/C11H10F2N4O2/c1-17-5-7(4-15-17)19-10-8(12)2-6(3-9(10)13)11(14)16-18/h2-5,18H,1H3,(H2,14,16). The Bertz CT molecular complexity index is 616. The van der Waals surface area contributed by atoms with Crippen LogP contribution in [-0.2, 0) is 7.05 Å². The molecule has 2 aromatic rings. The van der Waals surface area contributed by atoms with Gasteiger partial charge in [0.15, 0.2) is 29.0 Å². The van der Waals surface area contributed by atoms with E-state index >= 15 is 0 Å². The van der Waals surface area contributed by atoms with Gasteiger partial charge in [-0.25, -0.2) is 8.78 Å². The number of halogens is 2. The van der Waals surface area contributed by atoms with Crippen LogP contribution in [0.25, 0.3) is 0 Å². The third-order valence-electron chi connectivity index (χ3n) is 2.30. The summed E-state index contributed by atoms with van der Waals surface area (Å²) >= 11 is 0. The lowest BCUT2D eigenvalue weighted by atomic mass is 10.2. The van der Waals surface area contributed by atoms with E-state index in [9.17, 15) is 8.78 Å². The molecule has 2 rings (SSSR count). The molecule has 1 heterocycles. The Morgan fingerprint density at radius 2 is 2.05 bits per heavy atom. The molecule has 1 aromatic heterocycles. The summed E-state index contributed by atoms with van der Waals surface area (Å²) in [5.74, 6) is -2.72. The second-order valence-electron chi connectivity index (χ2n) is 3.71. The Morgan fingerprint density at radius 3 is 2.53 bits per heavy atom. The molecule has 19 heavy (non-hydrogen) atoms. The number of oxime groups is 1. The largest absolute Gasteiger partial charge is 0.448 e. The molecular weight excluding hydrogens is 258 g/mol. The summed E-state index contributed by atoms with van der Waals surface area (Å²) in [7, 11) is 1.64. The van der Waals surface area contributed by atoms with E-state index < -0.39 is 23.2 Å². The zero-order chi connectivity index (χ0) is 14.0. The van der Waals surface area contributed by atoms with Gasteiger partial charge in [-0.2, -0.15) is 5.10 Å². The fraction of sp³-hybridized carbons (Fsp3) is 0.0909. The average Bonchev–Trinajstić information content (AvgIpc) is 2.78. The molecule has 0 aliphatic heterocycles. The molecule has 0 saturated carbocycles. The monoisotopic (exact) mass is 268 g/mol. The first-order chi connectivity index (χ1) is 9.01. The lowest BCUT2D eigenvalue weighted by Gasteiger charge is -2.07. The Labute approximate surface area is 106 Å². The zero-order valence-electron chi connectivity index (χ0n) is 9.84. The van der Waals surface area contributed by atoms with Gasteiger partial charge in [-0.1, -0.05) is 5.16 Å². The van der Waals surface area contributed by atoms with Crippen LogP contribution in [-0.4, -0.2) is 20.8 Å². The molecular formula is C11H10F2N4O2. The van der Waals surface area contributed by atoms with Crippen LogP contribution in [0.3, 0.4) is 0 Å². The number of nitrogens with two attached hydrogens (primary N) is 1. The molecule has 6 nitrogen and oxygen atoms in total. The number of rotatable bonds is 3. The highest BCUT2D eigenvalue weighted by molar-refractivity contribution is 5.97. The van der Waals surface area contributed by atoms with Gasteiger partial charge >= 0.3 is 0 Å². The van der Waals surface area contributed by atoms with Crippen molar-refractivity contribution in [2.75, 3.05) is 0 Å². The second-order valence-corrected chi connectivity index (χ2v) is 3.71. The van der Waals surface area contributed by atoms with E-state index in [0.29, 0.717) is 0 Å². The van der Waals surface area contributed by atoms with Crippen LogP contribution >= 0.6 is 0 Å². The fourth-order valence-corrected chi connectivity index (χ4v) is 1.43. The van der Waals surface area contributed by atoms with Crippen LogP contribution < -0.4 is 10.5 Å². The molecule has 0 bridgehead atoms. The molecule has 8 heteroatoms. The minimum atomic E-state index is -0.967. The van der Waals surface area contributed by atoms with Crippen molar-refractivity contribution < 1.29 is 18.7 Å². The lowest BCUT2D eigenvalue weighted by Crippen LogP contribution is -2.14. The summed E-state index contributed by atoms with van der Waals surface area (Å²) in [4.78, 5) is 0. The van der Waals surface area contributed by atoms with Gasteiger partial charge in [0.25, 0.3) is 0 Å². The van der Waals surface area contributed by atoms with Crippen LogP contribution in [0.4, 0.5) is 8.78 Å². The number of aromatic nitrogens is 2. The van der Waals surface area contributed by atoms with Crippen LogP contribution in [0.5, 0.6) is 11.5 Å². The minimum absolute atomic E-state index is 0.0870. The van der Waals surface area contributed by atoms with Gasteiger partial charge in [-0.05, 0) is 12.1 Å². The van der Waals surface area contributed by atoms with E-state index in [1.54, 1.807) is 7.05 Å². The predicted molar refractivity (Wildman–Crippen MR) is 62.2 cm³/mol. The van der Waals surface area contributed by atoms with Crippen LogP contribution in [0, 0.1) is 11.6 Å². The number of hydrogen-bond acceptors (Lipinski definition) is 4. The zero-order valence-corrected chi connectivity index (χ0v) is 9.84. The highest BCUT2D eigenvalue weighted by Crippen LogP contribution is 2.28. The van der Waals surface area contributed by atoms with E-state index in [4.69, 9.17) is 15.7 Å². The van der Waals surface area contributed by atoms with Crippen molar-refractivity contribution >= 4 is 5.84 Å². The van der Waals surface area contributed by atoms with Crippen LogP contribution in [0.2, 0.25) is 0 Å². The number of amidine groups is 1. The van der Waals surface area contributed by atoms with Gasteiger partial charge in [-0.15, -0.1) is 0 Å². The molecule has 100 valence electrons. The van der Waals surface area contributed by atoms with Gasteiger partial charge < -0.3 is 15.7 Å². The summed E-state index contributed by atoms with van der Waals surface area (Å²) in [6.07, 6.45) is 2.77. The maximum absolute atomic E-state index is 13.7. The maximum Gasteiger partial charge on any atom is 0.198 e. The summed E-state index contributed by atoms with van der Waals surface area (Å²) in [5, 5.41) is 14.9. The van der Waals surface area contributed by atoms with Crippen molar-refractivity contribution in [1.29, 1.82) is 0 Å². The molecule has 0 atom stereocenters. The first-order valence-electron chi connectivity index (χ1n) is 5.14. The van der Waals surface area contributed by atoms with Crippen molar-refractivity contribution in [3.05, 3.63) is 41.7 Å². The first-order valence-corrected chi connectivity index (χ1v) is 5.14. The van der Waals surface area contributed by atoms with Crippen molar-refractivity contribution in [2.45, 2.75) is 0 Å². The number of aryl methyl sites for hydroxylation is 1. The third-order valence-corrected chi connectivity index (χ3v) is 2.30. The highest BCUT2D eigenvalue weighted by Gasteiger charge is 2.16. The van der Waals surface area contributed by atoms with E-state index in [1.807, 2.05) is 0 Å². The normalized spacial score (nSPS) is 11.6. The maximum atomic E-state index is 13.7. The molecule has 0 aliphatic rings. The molecule has 1 aromatic carbocycles. The Kier molecular flexibility index (Phi) is 3.32. The minimum Gasteiger partial charge on any atom is -0.448 e. The molecule has 0 aliphatic carbocycles. The summed E-state index contributed by atoms with van der Waals surface area (Å²) in [6, 6.07) is 1.81. The Hall–Kier alpha value is -2.64. The molecule has 0 fully saturated rings. The first kappa shape index (κ1) is 12.8. The van der Waals surface area contributed by atoms with Crippen molar-refractivity contribution in [1.82, 2.24) is 9.78 Å². The highest BCUT2D eigenvalue weighted by atomic mass is 19.1. The predicted octanol–water partition coefficient (Wildman–Crippen LogP) is 1.59. The molecule has 0 saturated heterocycles. The van der Waals surface area contributed by atoms with E-state index in [0.717, 1.165) is 12.1 Å². The molecule has 0 radical (unpaired) electrons. The van der Waals surface area contributed by atoms with E-state index in [1.165, 1.54) is 17.1 Å². The van der Waals surface area contributed by atoms with Crippen LogP contribution in [0.15, 0.2) is 29.7 Å². The SMILES string of the molecule is Cn1cc(Oc2c(F)cc(/C(N)=N/O)cc2F)cn1. The lowest BCUT2D eigenvalue weighted by molar-refractivity contribution is 0.318. The quantitative estimate of drug-likeness (QED) is 0.383. The van der Waals surface area contributed by atoms with Crippen molar-refractivity contribution in [2.24, 2.45) is 17.9 Å². The number of ether oxygens (including phenoxy) is 1. The molecule has 0 spiro atoms. The van der Waals surface area contributed by atoms with Gasteiger partial charge in [0.1, 0.15) is 0 Å². The molecule has 3 N–H and O–H groups in total. The molecule has 0 amide bonds. The van der Waals surface area contributed by atoms with Crippen molar-refractivity contribution in [3.63, 3.8) is 0 Å². The van der Waals surface area contributed by atoms with Crippen LogP contribution in [0.1, 0.15) is 5.56 Å². The smallest absolute Gasteiger partial charge is 0.198 e. The number of nitrogens with zero attached hydrogens (tertiary/aromatic N) is 3. The topological polar surface area (TPSA) is 85.7 Å². The number of benzene rings is 1. The third kappa shape index (κ3) is 2.62. The van der Waals surface area contributed by atoms with E-state index in [-0.39, 0.29) is 11.3 Å². The fourth-order valence-electron chi connectivity index (χ4n) is 1.43. The van der Waals surface area contributed by atoms with Gasteiger partial charge in [0.2, 0.25) is 0 Å². The summed E-state index contributed by atoms with van der Waals surface area (Å²) in [6.45, 7) is 0. The van der Waals surface area contributed by atoms with Gasteiger partial charge in [0.05, 0.1) is 12.4 Å².